The molecule has 0 bridgehead atoms. The molecule has 0 aliphatic heterocycles. The van der Waals surface area contributed by atoms with Gasteiger partial charge >= 0.3 is 0 Å². The highest BCUT2D eigenvalue weighted by molar-refractivity contribution is 5.86. The van der Waals surface area contributed by atoms with E-state index in [0.29, 0.717) is 0 Å². The molecule has 14 heavy (non-hydrogen) atoms. The van der Waals surface area contributed by atoms with Crippen molar-refractivity contribution >= 4 is 5.78 Å². The standard InChI is InChI=1S/C10H13F2NO/c1-9(2,8(14)3-4-13)7-5-10(11,12)6-7/h7H,3,5-6H2,1-2H3. The molecule has 0 aromatic carbocycles. The number of alkyl halides is 2. The molecule has 0 amide bonds. The van der Waals surface area contributed by atoms with Gasteiger partial charge in [-0.1, -0.05) is 13.8 Å². The Morgan fingerprint density at radius 2 is 2.07 bits per heavy atom. The minimum atomic E-state index is -2.60. The van der Waals surface area contributed by atoms with Crippen molar-refractivity contribution in [1.82, 2.24) is 0 Å². The fourth-order valence-electron chi connectivity index (χ4n) is 1.70. The van der Waals surface area contributed by atoms with Crippen LogP contribution in [0.3, 0.4) is 0 Å². The lowest BCUT2D eigenvalue weighted by Gasteiger charge is -2.43. The van der Waals surface area contributed by atoms with Crippen LogP contribution < -0.4 is 0 Å². The summed E-state index contributed by atoms with van der Waals surface area (Å²) in [7, 11) is 0. The van der Waals surface area contributed by atoms with E-state index in [-0.39, 0.29) is 31.0 Å². The molecular weight excluding hydrogens is 188 g/mol. The number of carbonyl (C=O) groups excluding carboxylic acids is 1. The van der Waals surface area contributed by atoms with E-state index in [1.54, 1.807) is 19.9 Å². The molecule has 0 atom stereocenters. The molecule has 1 fully saturated rings. The molecule has 1 aliphatic carbocycles. The van der Waals surface area contributed by atoms with Gasteiger partial charge in [-0.15, -0.1) is 0 Å². The van der Waals surface area contributed by atoms with Crippen molar-refractivity contribution in [2.75, 3.05) is 0 Å². The van der Waals surface area contributed by atoms with Crippen molar-refractivity contribution < 1.29 is 13.6 Å². The number of hydrogen-bond donors (Lipinski definition) is 0. The number of ketones is 1. The van der Waals surface area contributed by atoms with Gasteiger partial charge in [0.2, 0.25) is 5.92 Å². The van der Waals surface area contributed by atoms with Crippen LogP contribution >= 0.6 is 0 Å². The van der Waals surface area contributed by atoms with Gasteiger partial charge in [0.25, 0.3) is 0 Å². The van der Waals surface area contributed by atoms with E-state index in [1.807, 2.05) is 0 Å². The number of hydrogen-bond acceptors (Lipinski definition) is 2. The van der Waals surface area contributed by atoms with Crippen LogP contribution in [0.1, 0.15) is 33.1 Å². The van der Waals surface area contributed by atoms with Gasteiger partial charge in [-0.25, -0.2) is 8.78 Å². The number of halogens is 2. The number of carbonyl (C=O) groups is 1. The maximum absolute atomic E-state index is 12.6. The largest absolute Gasteiger partial charge is 0.298 e. The third-order valence-electron chi connectivity index (χ3n) is 3.07. The van der Waals surface area contributed by atoms with E-state index in [9.17, 15) is 13.6 Å². The molecule has 1 rings (SSSR count). The van der Waals surface area contributed by atoms with Gasteiger partial charge in [-0.05, 0) is 5.92 Å². The molecule has 0 spiro atoms. The Kier molecular flexibility index (Phi) is 2.62. The molecule has 0 unspecified atom stereocenters. The van der Waals surface area contributed by atoms with Crippen LogP contribution in [0.25, 0.3) is 0 Å². The van der Waals surface area contributed by atoms with Crippen LogP contribution in [0, 0.1) is 22.7 Å². The Morgan fingerprint density at radius 1 is 1.57 bits per heavy atom. The molecule has 78 valence electrons. The third kappa shape index (κ3) is 1.92. The molecule has 1 saturated carbocycles. The van der Waals surface area contributed by atoms with E-state index in [4.69, 9.17) is 5.26 Å². The van der Waals surface area contributed by atoms with Crippen molar-refractivity contribution in [3.8, 4) is 6.07 Å². The summed E-state index contributed by atoms with van der Waals surface area (Å²) in [6, 6.07) is 1.76. The summed E-state index contributed by atoms with van der Waals surface area (Å²) in [6.07, 6.45) is -0.636. The van der Waals surface area contributed by atoms with Gasteiger partial charge < -0.3 is 0 Å². The quantitative estimate of drug-likeness (QED) is 0.704. The predicted octanol–water partition coefficient (Wildman–Crippen LogP) is 2.54. The number of Topliss-reactive ketones (excluding diaryl/α,β-unsaturated/α-hetero) is 1. The second kappa shape index (κ2) is 3.30. The van der Waals surface area contributed by atoms with Crippen LogP contribution in [0.15, 0.2) is 0 Å². The second-order valence-corrected chi connectivity index (χ2v) is 4.44. The first-order valence-electron chi connectivity index (χ1n) is 4.58. The zero-order valence-corrected chi connectivity index (χ0v) is 8.31. The van der Waals surface area contributed by atoms with Crippen LogP contribution in [-0.2, 0) is 4.79 Å². The van der Waals surface area contributed by atoms with Crippen LogP contribution in [0.2, 0.25) is 0 Å². The van der Waals surface area contributed by atoms with Gasteiger partial charge in [0, 0.05) is 18.3 Å². The van der Waals surface area contributed by atoms with Crippen molar-refractivity contribution in [2.24, 2.45) is 11.3 Å². The molecule has 0 N–H and O–H groups in total. The van der Waals surface area contributed by atoms with Crippen LogP contribution in [-0.4, -0.2) is 11.7 Å². The number of nitriles is 1. The molecule has 0 heterocycles. The molecular formula is C10H13F2NO. The van der Waals surface area contributed by atoms with E-state index in [1.165, 1.54) is 0 Å². The monoisotopic (exact) mass is 201 g/mol. The van der Waals surface area contributed by atoms with Gasteiger partial charge in [0.05, 0.1) is 12.5 Å². The van der Waals surface area contributed by atoms with E-state index >= 15 is 0 Å². The first-order valence-corrected chi connectivity index (χ1v) is 4.58. The fourth-order valence-corrected chi connectivity index (χ4v) is 1.70. The first kappa shape index (κ1) is 11.1. The van der Waals surface area contributed by atoms with Crippen molar-refractivity contribution in [3.63, 3.8) is 0 Å². The summed E-state index contributed by atoms with van der Waals surface area (Å²) < 4.78 is 25.2. The number of nitrogens with zero attached hydrogens (tertiary/aromatic N) is 1. The zero-order chi connectivity index (χ0) is 11.0. The highest BCUT2D eigenvalue weighted by Gasteiger charge is 2.53. The Hall–Kier alpha value is -0.980. The van der Waals surface area contributed by atoms with Crippen molar-refractivity contribution in [1.29, 1.82) is 5.26 Å². The maximum atomic E-state index is 12.6. The van der Waals surface area contributed by atoms with E-state index in [0.717, 1.165) is 0 Å². The average molecular weight is 201 g/mol. The fraction of sp³-hybridized carbons (Fsp3) is 0.800. The molecule has 2 nitrogen and oxygen atoms in total. The average Bonchev–Trinajstić information content (AvgIpc) is 2.00. The lowest BCUT2D eigenvalue weighted by atomic mass is 9.63. The summed E-state index contributed by atoms with van der Waals surface area (Å²) in [4.78, 5) is 11.4. The highest BCUT2D eigenvalue weighted by Crippen LogP contribution is 2.51. The van der Waals surface area contributed by atoms with Gasteiger partial charge in [0.1, 0.15) is 0 Å². The van der Waals surface area contributed by atoms with Crippen LogP contribution in [0.4, 0.5) is 8.78 Å². The summed E-state index contributed by atoms with van der Waals surface area (Å²) >= 11 is 0. The summed E-state index contributed by atoms with van der Waals surface area (Å²) in [5, 5.41) is 8.36. The normalized spacial score (nSPS) is 21.1. The smallest absolute Gasteiger partial charge is 0.248 e. The third-order valence-corrected chi connectivity index (χ3v) is 3.07. The lowest BCUT2D eigenvalue weighted by molar-refractivity contribution is -0.157. The molecule has 0 aromatic heterocycles. The van der Waals surface area contributed by atoms with Gasteiger partial charge in [0.15, 0.2) is 5.78 Å². The highest BCUT2D eigenvalue weighted by atomic mass is 19.3. The van der Waals surface area contributed by atoms with Gasteiger partial charge in [-0.3, -0.25) is 4.79 Å². The Morgan fingerprint density at radius 3 is 2.43 bits per heavy atom. The molecule has 0 saturated heterocycles. The molecule has 0 aromatic rings. The van der Waals surface area contributed by atoms with E-state index < -0.39 is 11.3 Å². The predicted molar refractivity (Wildman–Crippen MR) is 46.7 cm³/mol. The Labute approximate surface area is 81.9 Å². The summed E-state index contributed by atoms with van der Waals surface area (Å²) in [5.41, 5.74) is -0.780. The van der Waals surface area contributed by atoms with Crippen molar-refractivity contribution in [3.05, 3.63) is 0 Å². The first-order chi connectivity index (χ1) is 6.29. The van der Waals surface area contributed by atoms with Crippen LogP contribution in [0.5, 0.6) is 0 Å². The zero-order valence-electron chi connectivity index (χ0n) is 8.31. The lowest BCUT2D eigenvalue weighted by Crippen LogP contribution is -2.46. The Bertz CT molecular complexity index is 283. The Balaban J connectivity index is 2.60. The summed E-state index contributed by atoms with van der Waals surface area (Å²) in [5.74, 6) is -3.12. The number of rotatable bonds is 3. The maximum Gasteiger partial charge on any atom is 0.248 e. The molecule has 0 radical (unpaired) electrons. The van der Waals surface area contributed by atoms with Crippen molar-refractivity contribution in [2.45, 2.75) is 39.0 Å². The summed E-state index contributed by atoms with van der Waals surface area (Å²) in [6.45, 7) is 3.29. The second-order valence-electron chi connectivity index (χ2n) is 4.44. The van der Waals surface area contributed by atoms with Gasteiger partial charge in [-0.2, -0.15) is 5.26 Å². The molecule has 1 aliphatic rings. The van der Waals surface area contributed by atoms with E-state index in [2.05, 4.69) is 0 Å². The minimum Gasteiger partial charge on any atom is -0.298 e. The SMILES string of the molecule is CC(C)(C(=O)CC#N)C1CC(F)(F)C1. The minimum absolute atomic E-state index is 0.185. The molecule has 4 heteroatoms. The topological polar surface area (TPSA) is 40.9 Å².